The summed E-state index contributed by atoms with van der Waals surface area (Å²) >= 11 is 0. The zero-order valence-electron chi connectivity index (χ0n) is 14.7. The Bertz CT molecular complexity index is 699. The van der Waals surface area contributed by atoms with Crippen molar-refractivity contribution in [2.45, 2.75) is 26.2 Å². The largest absolute Gasteiger partial charge is 0.357 e. The SMILES string of the molecule is CCNC(=NCC(=O)N1CCCC1)NCCc1nc2ccccc2[nH]1. The maximum absolute atomic E-state index is 12.1. The number of fused-ring (bicyclic) bond motifs is 1. The molecule has 3 rings (SSSR count). The summed E-state index contributed by atoms with van der Waals surface area (Å²) in [5.41, 5.74) is 2.03. The molecule has 2 heterocycles. The Morgan fingerprint density at radius 1 is 1.28 bits per heavy atom. The lowest BCUT2D eigenvalue weighted by Crippen LogP contribution is -2.39. The number of amides is 1. The predicted molar refractivity (Wildman–Crippen MR) is 99.6 cm³/mol. The lowest BCUT2D eigenvalue weighted by molar-refractivity contribution is -0.128. The van der Waals surface area contributed by atoms with Crippen molar-refractivity contribution >= 4 is 22.9 Å². The molecule has 25 heavy (non-hydrogen) atoms. The first kappa shape index (κ1) is 17.3. The molecule has 7 nitrogen and oxygen atoms in total. The Kier molecular flexibility index (Phi) is 5.87. The number of aliphatic imine (C=N–C) groups is 1. The molecule has 0 atom stereocenters. The van der Waals surface area contributed by atoms with Crippen LogP contribution in [0.5, 0.6) is 0 Å². The summed E-state index contributed by atoms with van der Waals surface area (Å²) in [7, 11) is 0. The number of carbonyl (C=O) groups is 1. The van der Waals surface area contributed by atoms with Gasteiger partial charge in [0, 0.05) is 32.6 Å². The van der Waals surface area contributed by atoms with Crippen molar-refractivity contribution in [2.75, 3.05) is 32.7 Å². The summed E-state index contributed by atoms with van der Waals surface area (Å²) in [6, 6.07) is 8.00. The molecule has 7 heteroatoms. The van der Waals surface area contributed by atoms with E-state index in [-0.39, 0.29) is 12.5 Å². The van der Waals surface area contributed by atoms with Crippen LogP contribution < -0.4 is 10.6 Å². The molecule has 2 aromatic rings. The predicted octanol–water partition coefficient (Wildman–Crippen LogP) is 1.28. The molecular weight excluding hydrogens is 316 g/mol. The second kappa shape index (κ2) is 8.50. The van der Waals surface area contributed by atoms with Gasteiger partial charge >= 0.3 is 0 Å². The normalized spacial score (nSPS) is 14.9. The Morgan fingerprint density at radius 3 is 2.84 bits per heavy atom. The van der Waals surface area contributed by atoms with Gasteiger partial charge in [0.25, 0.3) is 0 Å². The van der Waals surface area contributed by atoms with Crippen molar-refractivity contribution in [2.24, 2.45) is 4.99 Å². The molecule has 0 unspecified atom stereocenters. The van der Waals surface area contributed by atoms with Crippen LogP contribution in [-0.4, -0.2) is 59.5 Å². The van der Waals surface area contributed by atoms with Crippen LogP contribution in [0.2, 0.25) is 0 Å². The number of para-hydroxylation sites is 2. The van der Waals surface area contributed by atoms with Crippen LogP contribution in [0.3, 0.4) is 0 Å². The zero-order valence-corrected chi connectivity index (χ0v) is 14.7. The molecule has 1 aliphatic heterocycles. The minimum absolute atomic E-state index is 0.104. The molecular formula is C18H26N6O. The summed E-state index contributed by atoms with van der Waals surface area (Å²) in [6.07, 6.45) is 2.97. The Labute approximate surface area is 147 Å². The van der Waals surface area contributed by atoms with Crippen LogP contribution in [0.4, 0.5) is 0 Å². The van der Waals surface area contributed by atoms with Crippen LogP contribution in [-0.2, 0) is 11.2 Å². The number of aromatic nitrogens is 2. The smallest absolute Gasteiger partial charge is 0.244 e. The van der Waals surface area contributed by atoms with Gasteiger partial charge in [0.2, 0.25) is 5.91 Å². The molecule has 0 saturated carbocycles. The quantitative estimate of drug-likeness (QED) is 0.545. The second-order valence-electron chi connectivity index (χ2n) is 6.16. The van der Waals surface area contributed by atoms with Crippen molar-refractivity contribution < 1.29 is 4.79 Å². The highest BCUT2D eigenvalue weighted by Crippen LogP contribution is 2.10. The van der Waals surface area contributed by atoms with E-state index in [1.807, 2.05) is 36.1 Å². The van der Waals surface area contributed by atoms with E-state index in [2.05, 4.69) is 25.6 Å². The molecule has 1 aromatic carbocycles. The molecule has 0 aliphatic carbocycles. The van der Waals surface area contributed by atoms with Crippen molar-refractivity contribution in [3.63, 3.8) is 0 Å². The maximum atomic E-state index is 12.1. The fourth-order valence-electron chi connectivity index (χ4n) is 2.98. The van der Waals surface area contributed by atoms with Gasteiger partial charge < -0.3 is 20.5 Å². The number of nitrogens with one attached hydrogen (secondary N) is 3. The summed E-state index contributed by atoms with van der Waals surface area (Å²) < 4.78 is 0. The molecule has 1 fully saturated rings. The molecule has 1 aromatic heterocycles. The summed E-state index contributed by atoms with van der Waals surface area (Å²) in [6.45, 7) is 5.39. The summed E-state index contributed by atoms with van der Waals surface area (Å²) in [5, 5.41) is 6.45. The number of hydrogen-bond acceptors (Lipinski definition) is 3. The van der Waals surface area contributed by atoms with E-state index in [1.54, 1.807) is 0 Å². The number of benzene rings is 1. The minimum Gasteiger partial charge on any atom is -0.357 e. The number of nitrogens with zero attached hydrogens (tertiary/aromatic N) is 3. The van der Waals surface area contributed by atoms with Gasteiger partial charge in [-0.15, -0.1) is 0 Å². The summed E-state index contributed by atoms with van der Waals surface area (Å²) in [4.78, 5) is 26.3. The minimum atomic E-state index is 0.104. The highest BCUT2D eigenvalue weighted by atomic mass is 16.2. The van der Waals surface area contributed by atoms with Crippen LogP contribution >= 0.6 is 0 Å². The van der Waals surface area contributed by atoms with E-state index in [0.29, 0.717) is 12.5 Å². The number of H-pyrrole nitrogens is 1. The van der Waals surface area contributed by atoms with E-state index in [1.165, 1.54) is 0 Å². The highest BCUT2D eigenvalue weighted by molar-refractivity contribution is 5.85. The third-order valence-electron chi connectivity index (χ3n) is 4.27. The molecule has 0 spiro atoms. The number of rotatable bonds is 6. The Hall–Kier alpha value is -2.57. The first-order valence-corrected chi connectivity index (χ1v) is 9.00. The molecule has 1 amide bonds. The standard InChI is InChI=1S/C18H26N6O/c1-2-19-18(21-13-17(25)24-11-5-6-12-24)20-10-9-16-22-14-7-3-4-8-15(14)23-16/h3-4,7-8H,2,5-6,9-13H2,1H3,(H,22,23)(H2,19,20,21). The monoisotopic (exact) mass is 342 g/mol. The van der Waals surface area contributed by atoms with Crippen molar-refractivity contribution in [3.05, 3.63) is 30.1 Å². The van der Waals surface area contributed by atoms with Crippen molar-refractivity contribution in [1.29, 1.82) is 0 Å². The van der Waals surface area contributed by atoms with E-state index in [4.69, 9.17) is 0 Å². The lowest BCUT2D eigenvalue weighted by atomic mass is 10.3. The number of carbonyl (C=O) groups excluding carboxylic acids is 1. The Balaban J connectivity index is 1.50. The van der Waals surface area contributed by atoms with Gasteiger partial charge in [-0.05, 0) is 31.9 Å². The molecule has 1 saturated heterocycles. The Morgan fingerprint density at radius 2 is 2.08 bits per heavy atom. The van der Waals surface area contributed by atoms with E-state index >= 15 is 0 Å². The molecule has 0 radical (unpaired) electrons. The first-order valence-electron chi connectivity index (χ1n) is 9.00. The van der Waals surface area contributed by atoms with Crippen LogP contribution in [0.1, 0.15) is 25.6 Å². The maximum Gasteiger partial charge on any atom is 0.244 e. The molecule has 0 bridgehead atoms. The van der Waals surface area contributed by atoms with Crippen LogP contribution in [0.15, 0.2) is 29.3 Å². The fraction of sp³-hybridized carbons (Fsp3) is 0.500. The average Bonchev–Trinajstić information content (AvgIpc) is 3.28. The van der Waals surface area contributed by atoms with Gasteiger partial charge in [-0.25, -0.2) is 9.98 Å². The third kappa shape index (κ3) is 4.71. The van der Waals surface area contributed by atoms with Gasteiger partial charge in [-0.2, -0.15) is 0 Å². The van der Waals surface area contributed by atoms with Gasteiger partial charge in [0.1, 0.15) is 12.4 Å². The average molecular weight is 342 g/mol. The fourth-order valence-corrected chi connectivity index (χ4v) is 2.98. The second-order valence-corrected chi connectivity index (χ2v) is 6.16. The molecule has 134 valence electrons. The van der Waals surface area contributed by atoms with Gasteiger partial charge in [0.05, 0.1) is 11.0 Å². The van der Waals surface area contributed by atoms with Gasteiger partial charge in [-0.1, -0.05) is 12.1 Å². The lowest BCUT2D eigenvalue weighted by Gasteiger charge is -2.15. The van der Waals surface area contributed by atoms with E-state index in [9.17, 15) is 4.79 Å². The third-order valence-corrected chi connectivity index (χ3v) is 4.27. The van der Waals surface area contributed by atoms with Crippen molar-refractivity contribution in [1.82, 2.24) is 25.5 Å². The van der Waals surface area contributed by atoms with Crippen LogP contribution in [0.25, 0.3) is 11.0 Å². The van der Waals surface area contributed by atoms with Crippen LogP contribution in [0, 0.1) is 0 Å². The number of imidazole rings is 1. The number of hydrogen-bond donors (Lipinski definition) is 3. The van der Waals surface area contributed by atoms with Crippen molar-refractivity contribution in [3.8, 4) is 0 Å². The van der Waals surface area contributed by atoms with Gasteiger partial charge in [0.15, 0.2) is 5.96 Å². The van der Waals surface area contributed by atoms with E-state index in [0.717, 1.165) is 55.8 Å². The topological polar surface area (TPSA) is 85.4 Å². The summed E-state index contributed by atoms with van der Waals surface area (Å²) in [5.74, 6) is 1.72. The molecule has 3 N–H and O–H groups in total. The zero-order chi connectivity index (χ0) is 17.5. The van der Waals surface area contributed by atoms with Gasteiger partial charge in [-0.3, -0.25) is 4.79 Å². The van der Waals surface area contributed by atoms with E-state index < -0.39 is 0 Å². The first-order chi connectivity index (χ1) is 12.3. The number of guanidine groups is 1. The number of likely N-dealkylation sites (tertiary alicyclic amines) is 1. The number of aromatic amines is 1. The highest BCUT2D eigenvalue weighted by Gasteiger charge is 2.17. The molecule has 1 aliphatic rings.